The van der Waals surface area contributed by atoms with Crippen LogP contribution in [0.3, 0.4) is 0 Å². The van der Waals surface area contributed by atoms with Crippen LogP contribution in [0.5, 0.6) is 0 Å². The van der Waals surface area contributed by atoms with Crippen LogP contribution < -0.4 is 4.90 Å². The van der Waals surface area contributed by atoms with E-state index in [1.165, 1.54) is 36.9 Å². The molecule has 3 nitrogen and oxygen atoms in total. The fourth-order valence-electron chi connectivity index (χ4n) is 2.56. The Bertz CT molecular complexity index is 429. The standard InChI is InChI=1S/C15H21NO2/c1-2-3-4-5-9-16-10-8-12-11-13(15(17)18)6-7-14(12)16/h6-7,11H,2-5,8-10H2,1H3,(H,17,18). The van der Waals surface area contributed by atoms with Crippen LogP contribution >= 0.6 is 0 Å². The molecule has 0 aliphatic carbocycles. The number of hydrogen-bond acceptors (Lipinski definition) is 2. The molecule has 0 unspecified atom stereocenters. The lowest BCUT2D eigenvalue weighted by molar-refractivity contribution is 0.0697. The van der Waals surface area contributed by atoms with Crippen molar-refractivity contribution in [2.45, 2.75) is 39.0 Å². The van der Waals surface area contributed by atoms with Crippen LogP contribution in [0.4, 0.5) is 5.69 Å². The Kier molecular flexibility index (Phi) is 4.24. The van der Waals surface area contributed by atoms with Crippen LogP contribution in [0.1, 0.15) is 48.5 Å². The molecule has 0 aromatic heterocycles. The minimum Gasteiger partial charge on any atom is -0.478 e. The highest BCUT2D eigenvalue weighted by Gasteiger charge is 2.19. The van der Waals surface area contributed by atoms with Gasteiger partial charge in [0.15, 0.2) is 0 Å². The van der Waals surface area contributed by atoms with Gasteiger partial charge in [-0.3, -0.25) is 0 Å². The molecule has 0 bridgehead atoms. The van der Waals surface area contributed by atoms with Crippen LogP contribution in [-0.2, 0) is 6.42 Å². The average molecular weight is 247 g/mol. The van der Waals surface area contributed by atoms with E-state index in [4.69, 9.17) is 5.11 Å². The van der Waals surface area contributed by atoms with Crippen molar-refractivity contribution in [1.82, 2.24) is 0 Å². The van der Waals surface area contributed by atoms with Crippen molar-refractivity contribution >= 4 is 11.7 Å². The summed E-state index contributed by atoms with van der Waals surface area (Å²) in [4.78, 5) is 13.3. The fraction of sp³-hybridized carbons (Fsp3) is 0.533. The summed E-state index contributed by atoms with van der Waals surface area (Å²) in [5, 5.41) is 8.97. The lowest BCUT2D eigenvalue weighted by Gasteiger charge is -2.19. The molecule has 98 valence electrons. The number of aromatic carboxylic acids is 1. The lowest BCUT2D eigenvalue weighted by atomic mass is 10.1. The highest BCUT2D eigenvalue weighted by atomic mass is 16.4. The fourth-order valence-corrected chi connectivity index (χ4v) is 2.56. The van der Waals surface area contributed by atoms with E-state index in [0.29, 0.717) is 5.56 Å². The average Bonchev–Trinajstić information content (AvgIpc) is 2.77. The van der Waals surface area contributed by atoms with Gasteiger partial charge in [-0.15, -0.1) is 0 Å². The first-order chi connectivity index (χ1) is 8.72. The number of hydrogen-bond donors (Lipinski definition) is 1. The zero-order valence-electron chi connectivity index (χ0n) is 11.0. The second-order valence-electron chi connectivity index (χ2n) is 4.95. The normalized spacial score (nSPS) is 13.7. The van der Waals surface area contributed by atoms with E-state index in [0.717, 1.165) is 19.5 Å². The van der Waals surface area contributed by atoms with Crippen molar-refractivity contribution in [2.24, 2.45) is 0 Å². The highest BCUT2D eigenvalue weighted by Crippen LogP contribution is 2.29. The first-order valence-electron chi connectivity index (χ1n) is 6.83. The van der Waals surface area contributed by atoms with Gasteiger partial charge >= 0.3 is 5.97 Å². The van der Waals surface area contributed by atoms with Gasteiger partial charge in [-0.25, -0.2) is 4.79 Å². The quantitative estimate of drug-likeness (QED) is 0.784. The maximum absolute atomic E-state index is 10.9. The van der Waals surface area contributed by atoms with Crippen LogP contribution in [0.15, 0.2) is 18.2 Å². The Hall–Kier alpha value is -1.51. The molecule has 0 atom stereocenters. The Labute approximate surface area is 108 Å². The third kappa shape index (κ3) is 2.84. The van der Waals surface area contributed by atoms with E-state index in [1.54, 1.807) is 6.07 Å². The molecular formula is C15H21NO2. The Morgan fingerprint density at radius 1 is 1.33 bits per heavy atom. The number of carbonyl (C=O) groups is 1. The number of anilines is 1. The van der Waals surface area contributed by atoms with Crippen molar-refractivity contribution < 1.29 is 9.90 Å². The summed E-state index contributed by atoms with van der Waals surface area (Å²) in [5.41, 5.74) is 2.82. The molecule has 1 aliphatic heterocycles. The molecule has 0 amide bonds. The van der Waals surface area contributed by atoms with E-state index in [1.807, 2.05) is 12.1 Å². The summed E-state index contributed by atoms with van der Waals surface area (Å²) < 4.78 is 0. The smallest absolute Gasteiger partial charge is 0.335 e. The van der Waals surface area contributed by atoms with Gasteiger partial charge in [-0.1, -0.05) is 26.2 Å². The van der Waals surface area contributed by atoms with Gasteiger partial charge in [0.05, 0.1) is 5.56 Å². The zero-order chi connectivity index (χ0) is 13.0. The van der Waals surface area contributed by atoms with E-state index < -0.39 is 5.97 Å². The molecular weight excluding hydrogens is 226 g/mol. The minimum atomic E-state index is -0.834. The zero-order valence-corrected chi connectivity index (χ0v) is 11.0. The molecule has 3 heteroatoms. The van der Waals surface area contributed by atoms with Crippen molar-refractivity contribution in [1.29, 1.82) is 0 Å². The summed E-state index contributed by atoms with van der Waals surface area (Å²) in [5.74, 6) is -0.834. The number of unbranched alkanes of at least 4 members (excludes halogenated alkanes) is 3. The van der Waals surface area contributed by atoms with Gasteiger partial charge in [0.2, 0.25) is 0 Å². The number of benzene rings is 1. The van der Waals surface area contributed by atoms with Crippen molar-refractivity contribution in [3.8, 4) is 0 Å². The number of carboxylic acid groups (broad SMARTS) is 1. The molecule has 1 aliphatic rings. The second-order valence-corrected chi connectivity index (χ2v) is 4.95. The van der Waals surface area contributed by atoms with E-state index >= 15 is 0 Å². The summed E-state index contributed by atoms with van der Waals surface area (Å²) in [6.07, 6.45) is 6.06. The number of nitrogens with zero attached hydrogens (tertiary/aromatic N) is 1. The molecule has 1 heterocycles. The van der Waals surface area contributed by atoms with E-state index in [-0.39, 0.29) is 0 Å². The van der Waals surface area contributed by atoms with Crippen LogP contribution in [-0.4, -0.2) is 24.2 Å². The molecule has 1 N–H and O–H groups in total. The van der Waals surface area contributed by atoms with Gasteiger partial charge in [-0.2, -0.15) is 0 Å². The van der Waals surface area contributed by atoms with Crippen molar-refractivity contribution in [3.63, 3.8) is 0 Å². The van der Waals surface area contributed by atoms with E-state index in [9.17, 15) is 4.79 Å². The Balaban J connectivity index is 1.98. The largest absolute Gasteiger partial charge is 0.478 e. The number of fused-ring (bicyclic) bond motifs is 1. The maximum atomic E-state index is 10.9. The summed E-state index contributed by atoms with van der Waals surface area (Å²) in [6.45, 7) is 4.35. The number of rotatable bonds is 6. The molecule has 18 heavy (non-hydrogen) atoms. The maximum Gasteiger partial charge on any atom is 0.335 e. The van der Waals surface area contributed by atoms with E-state index in [2.05, 4.69) is 11.8 Å². The monoisotopic (exact) mass is 247 g/mol. The predicted molar refractivity (Wildman–Crippen MR) is 73.5 cm³/mol. The summed E-state index contributed by atoms with van der Waals surface area (Å²) >= 11 is 0. The van der Waals surface area contributed by atoms with Crippen LogP contribution in [0.25, 0.3) is 0 Å². The second kappa shape index (κ2) is 5.89. The van der Waals surface area contributed by atoms with Crippen molar-refractivity contribution in [2.75, 3.05) is 18.0 Å². The summed E-state index contributed by atoms with van der Waals surface area (Å²) in [7, 11) is 0. The number of carboxylic acids is 1. The van der Waals surface area contributed by atoms with Crippen LogP contribution in [0.2, 0.25) is 0 Å². The van der Waals surface area contributed by atoms with Gasteiger partial charge < -0.3 is 10.0 Å². The van der Waals surface area contributed by atoms with Gasteiger partial charge in [0.25, 0.3) is 0 Å². The lowest BCUT2D eigenvalue weighted by Crippen LogP contribution is -2.21. The van der Waals surface area contributed by atoms with Gasteiger partial charge in [0, 0.05) is 18.8 Å². The molecule has 0 saturated carbocycles. The molecule has 0 spiro atoms. The Morgan fingerprint density at radius 2 is 2.17 bits per heavy atom. The molecule has 1 aromatic carbocycles. The summed E-state index contributed by atoms with van der Waals surface area (Å²) in [6, 6.07) is 5.50. The third-order valence-electron chi connectivity index (χ3n) is 3.60. The SMILES string of the molecule is CCCCCCN1CCc2cc(C(=O)O)ccc21. The first kappa shape index (κ1) is 12.9. The van der Waals surface area contributed by atoms with Crippen LogP contribution in [0, 0.1) is 0 Å². The molecule has 0 saturated heterocycles. The Morgan fingerprint density at radius 3 is 2.89 bits per heavy atom. The van der Waals surface area contributed by atoms with Gasteiger partial charge in [-0.05, 0) is 36.6 Å². The first-order valence-corrected chi connectivity index (χ1v) is 6.83. The van der Waals surface area contributed by atoms with Crippen molar-refractivity contribution in [3.05, 3.63) is 29.3 Å². The highest BCUT2D eigenvalue weighted by molar-refractivity contribution is 5.88. The predicted octanol–water partition coefficient (Wildman–Crippen LogP) is 3.33. The molecule has 0 fully saturated rings. The third-order valence-corrected chi connectivity index (χ3v) is 3.60. The molecule has 2 rings (SSSR count). The molecule has 0 radical (unpaired) electrons. The minimum absolute atomic E-state index is 0.404. The topological polar surface area (TPSA) is 40.5 Å². The van der Waals surface area contributed by atoms with Gasteiger partial charge in [0.1, 0.15) is 0 Å². The molecule has 1 aromatic rings.